The van der Waals surface area contributed by atoms with E-state index in [0.29, 0.717) is 6.61 Å². The average molecular weight is 452 g/mol. The number of nitrogens with one attached hydrogen (secondary N) is 2. The van der Waals surface area contributed by atoms with Gasteiger partial charge in [-0.3, -0.25) is 9.59 Å². The van der Waals surface area contributed by atoms with Gasteiger partial charge >= 0.3 is 0 Å². The fourth-order valence-corrected chi connectivity index (χ4v) is 5.03. The first kappa shape index (κ1) is 23.7. The lowest BCUT2D eigenvalue weighted by molar-refractivity contribution is -0.136. The summed E-state index contributed by atoms with van der Waals surface area (Å²) in [6.07, 6.45) is 6.93. The summed E-state index contributed by atoms with van der Waals surface area (Å²) in [6, 6.07) is 6.57. The first-order chi connectivity index (χ1) is 14.8. The third-order valence-electron chi connectivity index (χ3n) is 5.85. The molecule has 1 aliphatic heterocycles. The molecule has 1 heterocycles. The topological polar surface area (TPSA) is 105 Å². The quantitative estimate of drug-likeness (QED) is 0.595. The first-order valence-corrected chi connectivity index (χ1v) is 12.6. The SMILES string of the molecule is Cc1ccc(S(=O)(=O)NCC(=O)N(CC(=O)NC2CCCCC2)C[C@H]2CCCO2)cc1. The maximum Gasteiger partial charge on any atom is 0.241 e. The van der Waals surface area contributed by atoms with Crippen LogP contribution in [0.4, 0.5) is 0 Å². The van der Waals surface area contributed by atoms with Crippen LogP contribution in [-0.4, -0.2) is 63.5 Å². The van der Waals surface area contributed by atoms with Gasteiger partial charge in [0.05, 0.1) is 24.1 Å². The van der Waals surface area contributed by atoms with Crippen LogP contribution in [0.1, 0.15) is 50.5 Å². The van der Waals surface area contributed by atoms with Gasteiger partial charge in [0.2, 0.25) is 21.8 Å². The zero-order valence-electron chi connectivity index (χ0n) is 18.1. The Balaban J connectivity index is 1.59. The van der Waals surface area contributed by atoms with Gasteiger partial charge in [0.15, 0.2) is 0 Å². The van der Waals surface area contributed by atoms with Gasteiger partial charge in [-0.15, -0.1) is 0 Å². The van der Waals surface area contributed by atoms with Crippen molar-refractivity contribution in [1.82, 2.24) is 14.9 Å². The van der Waals surface area contributed by atoms with Crippen molar-refractivity contribution in [2.45, 2.75) is 68.9 Å². The summed E-state index contributed by atoms with van der Waals surface area (Å²) in [5.41, 5.74) is 0.946. The number of sulfonamides is 1. The molecule has 31 heavy (non-hydrogen) atoms. The summed E-state index contributed by atoms with van der Waals surface area (Å²) in [5, 5.41) is 3.02. The number of amides is 2. The second-order valence-electron chi connectivity index (χ2n) is 8.45. The Hall–Kier alpha value is -1.97. The van der Waals surface area contributed by atoms with E-state index in [1.54, 1.807) is 12.1 Å². The standard InChI is InChI=1S/C22H33N3O5S/c1-17-9-11-20(12-10-17)31(28,29)23-14-22(27)25(15-19-8-5-13-30-19)16-21(26)24-18-6-3-2-4-7-18/h9-12,18-19,23H,2-8,13-16H2,1H3,(H,24,26)/t19-/m1/s1. The molecule has 2 N–H and O–H groups in total. The summed E-state index contributed by atoms with van der Waals surface area (Å²) in [5.74, 6) is -0.649. The first-order valence-electron chi connectivity index (χ1n) is 11.1. The van der Waals surface area contributed by atoms with E-state index in [1.807, 2.05) is 6.92 Å². The monoisotopic (exact) mass is 451 g/mol. The van der Waals surface area contributed by atoms with E-state index < -0.39 is 22.5 Å². The van der Waals surface area contributed by atoms with Gasteiger partial charge in [-0.25, -0.2) is 13.1 Å². The smallest absolute Gasteiger partial charge is 0.241 e. The summed E-state index contributed by atoms with van der Waals surface area (Å²) in [4.78, 5) is 26.9. The highest BCUT2D eigenvalue weighted by molar-refractivity contribution is 7.89. The number of aryl methyl sites for hydroxylation is 1. The number of hydrogen-bond donors (Lipinski definition) is 2. The third kappa shape index (κ3) is 7.29. The van der Waals surface area contributed by atoms with Crippen molar-refractivity contribution in [3.05, 3.63) is 29.8 Å². The number of nitrogens with zero attached hydrogens (tertiary/aromatic N) is 1. The molecule has 9 heteroatoms. The summed E-state index contributed by atoms with van der Waals surface area (Å²) < 4.78 is 33.0. The summed E-state index contributed by atoms with van der Waals surface area (Å²) in [7, 11) is -3.81. The lowest BCUT2D eigenvalue weighted by Gasteiger charge is -2.27. The lowest BCUT2D eigenvalue weighted by atomic mass is 9.95. The van der Waals surface area contributed by atoms with Crippen LogP contribution >= 0.6 is 0 Å². The van der Waals surface area contributed by atoms with Crippen molar-refractivity contribution in [2.75, 3.05) is 26.2 Å². The minimum Gasteiger partial charge on any atom is -0.376 e. The predicted molar refractivity (Wildman–Crippen MR) is 117 cm³/mol. The second kappa shape index (κ2) is 11.1. The number of benzene rings is 1. The van der Waals surface area contributed by atoms with Crippen molar-refractivity contribution in [2.24, 2.45) is 0 Å². The molecule has 172 valence electrons. The highest BCUT2D eigenvalue weighted by atomic mass is 32.2. The number of carbonyl (C=O) groups is 2. The van der Waals surface area contributed by atoms with Gasteiger partial charge in [0.1, 0.15) is 0 Å². The molecule has 0 aromatic heterocycles. The van der Waals surface area contributed by atoms with Crippen molar-refractivity contribution >= 4 is 21.8 Å². The molecule has 1 aromatic rings. The Bertz CT molecular complexity index is 844. The molecule has 0 bridgehead atoms. The average Bonchev–Trinajstić information content (AvgIpc) is 3.26. The van der Waals surface area contributed by atoms with Crippen LogP contribution in [0, 0.1) is 6.92 Å². The van der Waals surface area contributed by atoms with Crippen LogP contribution in [-0.2, 0) is 24.3 Å². The highest BCUT2D eigenvalue weighted by Crippen LogP contribution is 2.18. The van der Waals surface area contributed by atoms with Crippen molar-refractivity contribution in [3.8, 4) is 0 Å². The van der Waals surface area contributed by atoms with E-state index in [0.717, 1.165) is 44.1 Å². The van der Waals surface area contributed by atoms with Gasteiger partial charge in [-0.05, 0) is 44.7 Å². The lowest BCUT2D eigenvalue weighted by Crippen LogP contribution is -2.49. The Kier molecular flexibility index (Phi) is 8.45. The molecule has 1 aromatic carbocycles. The fourth-order valence-electron chi connectivity index (χ4n) is 4.05. The Morgan fingerprint density at radius 3 is 2.42 bits per heavy atom. The van der Waals surface area contributed by atoms with Crippen LogP contribution in [0.5, 0.6) is 0 Å². The van der Waals surface area contributed by atoms with Gasteiger partial charge in [0, 0.05) is 19.2 Å². The van der Waals surface area contributed by atoms with Crippen LogP contribution < -0.4 is 10.0 Å². The van der Waals surface area contributed by atoms with E-state index in [9.17, 15) is 18.0 Å². The van der Waals surface area contributed by atoms with Gasteiger partial charge in [-0.2, -0.15) is 0 Å². The van der Waals surface area contributed by atoms with Crippen molar-refractivity contribution in [1.29, 1.82) is 0 Å². The molecule has 1 atom stereocenters. The van der Waals surface area contributed by atoms with Gasteiger partial charge in [0.25, 0.3) is 0 Å². The molecule has 1 aliphatic carbocycles. The zero-order valence-corrected chi connectivity index (χ0v) is 19.0. The van der Waals surface area contributed by atoms with Gasteiger partial charge in [-0.1, -0.05) is 37.0 Å². The Morgan fingerprint density at radius 1 is 1.06 bits per heavy atom. The van der Waals surface area contributed by atoms with Crippen molar-refractivity contribution < 1.29 is 22.7 Å². The molecular formula is C22H33N3O5S. The van der Waals surface area contributed by atoms with E-state index in [2.05, 4.69) is 10.0 Å². The van der Waals surface area contributed by atoms with Crippen LogP contribution in [0.15, 0.2) is 29.2 Å². The molecule has 2 aliphatic rings. The summed E-state index contributed by atoms with van der Waals surface area (Å²) >= 11 is 0. The largest absolute Gasteiger partial charge is 0.376 e. The highest BCUT2D eigenvalue weighted by Gasteiger charge is 2.26. The molecular weight excluding hydrogens is 418 g/mol. The van der Waals surface area contributed by atoms with Gasteiger partial charge < -0.3 is 15.0 Å². The summed E-state index contributed by atoms with van der Waals surface area (Å²) in [6.45, 7) is 2.29. The van der Waals surface area contributed by atoms with Crippen LogP contribution in [0.25, 0.3) is 0 Å². The molecule has 2 fully saturated rings. The Morgan fingerprint density at radius 2 is 1.77 bits per heavy atom. The molecule has 8 nitrogen and oxygen atoms in total. The fraction of sp³-hybridized carbons (Fsp3) is 0.636. The third-order valence-corrected chi connectivity index (χ3v) is 7.27. The van der Waals surface area contributed by atoms with E-state index in [4.69, 9.17) is 4.74 Å². The molecule has 0 unspecified atom stereocenters. The minimum absolute atomic E-state index is 0.0958. The molecule has 1 saturated carbocycles. The maximum absolute atomic E-state index is 12.9. The van der Waals surface area contributed by atoms with E-state index in [1.165, 1.54) is 23.5 Å². The zero-order chi connectivity index (χ0) is 22.3. The minimum atomic E-state index is -3.81. The Labute approximate surface area is 184 Å². The van der Waals surface area contributed by atoms with Crippen LogP contribution in [0.2, 0.25) is 0 Å². The second-order valence-corrected chi connectivity index (χ2v) is 10.2. The maximum atomic E-state index is 12.9. The molecule has 3 rings (SSSR count). The molecule has 1 saturated heterocycles. The number of rotatable bonds is 9. The molecule has 0 radical (unpaired) electrons. The molecule has 2 amide bonds. The number of ether oxygens (including phenoxy) is 1. The van der Waals surface area contributed by atoms with Crippen LogP contribution in [0.3, 0.4) is 0 Å². The number of hydrogen-bond acceptors (Lipinski definition) is 5. The van der Waals surface area contributed by atoms with E-state index in [-0.39, 0.29) is 36.0 Å². The molecule has 0 spiro atoms. The predicted octanol–water partition coefficient (Wildman–Crippen LogP) is 1.73. The number of carbonyl (C=O) groups excluding carboxylic acids is 2. The normalized spacial score (nSPS) is 19.8. The van der Waals surface area contributed by atoms with Crippen molar-refractivity contribution in [3.63, 3.8) is 0 Å². The van der Waals surface area contributed by atoms with E-state index >= 15 is 0 Å².